The molecule has 0 bridgehead atoms. The van der Waals surface area contributed by atoms with Crippen LogP contribution < -0.4 is 5.32 Å². The number of nitrogens with one attached hydrogen (secondary N) is 1. The Labute approximate surface area is 118 Å². The maximum absolute atomic E-state index is 11.9. The lowest BCUT2D eigenvalue weighted by Gasteiger charge is -2.15. The monoisotopic (exact) mass is 283 g/mol. The van der Waals surface area contributed by atoms with E-state index in [4.69, 9.17) is 0 Å². The van der Waals surface area contributed by atoms with Crippen molar-refractivity contribution in [1.29, 1.82) is 0 Å². The standard InChI is InChI=1S/C13H21N3O4/c1-4-5-6-15-11(18)12(19)16(13(15)20)8-10(17)14-7-9(2)3/h9H,4-8H2,1-3H3,(H,14,17). The van der Waals surface area contributed by atoms with Crippen LogP contribution in [0.15, 0.2) is 0 Å². The number of hydrogen-bond acceptors (Lipinski definition) is 4. The molecule has 0 saturated carbocycles. The summed E-state index contributed by atoms with van der Waals surface area (Å²) in [6.07, 6.45) is 1.44. The number of amides is 5. The first kappa shape index (κ1) is 16.1. The van der Waals surface area contributed by atoms with Gasteiger partial charge in [0.1, 0.15) is 6.54 Å². The number of carbonyl (C=O) groups is 4. The first-order chi connectivity index (χ1) is 9.38. The molecule has 0 aromatic heterocycles. The molecule has 0 aliphatic carbocycles. The van der Waals surface area contributed by atoms with Gasteiger partial charge in [0.05, 0.1) is 0 Å². The predicted molar refractivity (Wildman–Crippen MR) is 71.6 cm³/mol. The minimum Gasteiger partial charge on any atom is -0.354 e. The Morgan fingerprint density at radius 1 is 1.15 bits per heavy atom. The lowest BCUT2D eigenvalue weighted by molar-refractivity contribution is -0.144. The molecule has 0 radical (unpaired) electrons. The van der Waals surface area contributed by atoms with Crippen molar-refractivity contribution in [3.05, 3.63) is 0 Å². The maximum atomic E-state index is 11.9. The van der Waals surface area contributed by atoms with Gasteiger partial charge in [0.25, 0.3) is 0 Å². The molecule has 7 nitrogen and oxygen atoms in total. The zero-order valence-corrected chi connectivity index (χ0v) is 12.1. The molecule has 112 valence electrons. The highest BCUT2D eigenvalue weighted by Crippen LogP contribution is 2.12. The molecule has 1 saturated heterocycles. The van der Waals surface area contributed by atoms with Crippen molar-refractivity contribution in [2.24, 2.45) is 5.92 Å². The largest absolute Gasteiger partial charge is 0.354 e. The Kier molecular flexibility index (Phi) is 5.66. The summed E-state index contributed by atoms with van der Waals surface area (Å²) in [5.74, 6) is -1.94. The molecule has 1 N–H and O–H groups in total. The van der Waals surface area contributed by atoms with Gasteiger partial charge in [0.15, 0.2) is 0 Å². The van der Waals surface area contributed by atoms with Crippen molar-refractivity contribution < 1.29 is 19.2 Å². The van der Waals surface area contributed by atoms with E-state index >= 15 is 0 Å². The van der Waals surface area contributed by atoms with Crippen LogP contribution in [-0.2, 0) is 14.4 Å². The van der Waals surface area contributed by atoms with Crippen molar-refractivity contribution in [3.63, 3.8) is 0 Å². The number of unbranched alkanes of at least 4 members (excludes halogenated alkanes) is 1. The topological polar surface area (TPSA) is 86.8 Å². The van der Waals surface area contributed by atoms with Gasteiger partial charge in [-0.1, -0.05) is 27.2 Å². The predicted octanol–water partition coefficient (Wildman–Crippen LogP) is 0.350. The molecule has 1 fully saturated rings. The summed E-state index contributed by atoms with van der Waals surface area (Å²) in [6.45, 7) is 6.06. The first-order valence-corrected chi connectivity index (χ1v) is 6.82. The van der Waals surface area contributed by atoms with Gasteiger partial charge in [-0.25, -0.2) is 9.69 Å². The van der Waals surface area contributed by atoms with Crippen molar-refractivity contribution in [2.45, 2.75) is 33.6 Å². The van der Waals surface area contributed by atoms with E-state index in [0.29, 0.717) is 17.9 Å². The molecule has 0 aromatic carbocycles. The van der Waals surface area contributed by atoms with Gasteiger partial charge < -0.3 is 5.32 Å². The molecule has 1 heterocycles. The van der Waals surface area contributed by atoms with Crippen LogP contribution >= 0.6 is 0 Å². The van der Waals surface area contributed by atoms with Crippen LogP contribution in [0.4, 0.5) is 4.79 Å². The average molecular weight is 283 g/mol. The molecule has 0 unspecified atom stereocenters. The summed E-state index contributed by atoms with van der Waals surface area (Å²) in [4.78, 5) is 48.5. The van der Waals surface area contributed by atoms with E-state index in [-0.39, 0.29) is 12.5 Å². The quantitative estimate of drug-likeness (QED) is 0.539. The fourth-order valence-corrected chi connectivity index (χ4v) is 1.72. The molecule has 1 aliphatic heterocycles. The molecular weight excluding hydrogens is 262 g/mol. The molecular formula is C13H21N3O4. The third-order valence-corrected chi connectivity index (χ3v) is 2.88. The van der Waals surface area contributed by atoms with E-state index in [0.717, 1.165) is 11.3 Å². The fourth-order valence-electron chi connectivity index (χ4n) is 1.72. The Morgan fingerprint density at radius 2 is 1.75 bits per heavy atom. The Hall–Kier alpha value is -1.92. The second kappa shape index (κ2) is 7.02. The minimum atomic E-state index is -0.925. The van der Waals surface area contributed by atoms with Gasteiger partial charge in [0.2, 0.25) is 5.91 Å². The van der Waals surface area contributed by atoms with Gasteiger partial charge in [0, 0.05) is 13.1 Å². The smallest absolute Gasteiger partial charge is 0.334 e. The highest BCUT2D eigenvalue weighted by atomic mass is 16.2. The van der Waals surface area contributed by atoms with E-state index in [2.05, 4.69) is 5.32 Å². The van der Waals surface area contributed by atoms with Crippen LogP contribution in [-0.4, -0.2) is 53.2 Å². The minimum absolute atomic E-state index is 0.212. The van der Waals surface area contributed by atoms with Crippen LogP contribution in [0.3, 0.4) is 0 Å². The fraction of sp³-hybridized carbons (Fsp3) is 0.692. The highest BCUT2D eigenvalue weighted by molar-refractivity contribution is 6.45. The summed E-state index contributed by atoms with van der Waals surface area (Å²) in [5, 5.41) is 2.61. The normalized spacial score (nSPS) is 15.5. The van der Waals surface area contributed by atoms with Gasteiger partial charge >= 0.3 is 17.8 Å². The van der Waals surface area contributed by atoms with Gasteiger partial charge in [-0.3, -0.25) is 19.3 Å². The first-order valence-electron chi connectivity index (χ1n) is 6.82. The average Bonchev–Trinajstić information content (AvgIpc) is 2.59. The lowest BCUT2D eigenvalue weighted by Crippen LogP contribution is -2.42. The van der Waals surface area contributed by atoms with Gasteiger partial charge in [-0.15, -0.1) is 0 Å². The summed E-state index contributed by atoms with van der Waals surface area (Å²) in [5.41, 5.74) is 0. The molecule has 20 heavy (non-hydrogen) atoms. The molecule has 0 atom stereocenters. The second-order valence-corrected chi connectivity index (χ2v) is 5.18. The number of imide groups is 2. The highest BCUT2D eigenvalue weighted by Gasteiger charge is 2.44. The Bertz CT molecular complexity index is 420. The number of carbonyl (C=O) groups excluding carboxylic acids is 4. The number of nitrogens with zero attached hydrogens (tertiary/aromatic N) is 2. The molecule has 0 aromatic rings. The summed E-state index contributed by atoms with van der Waals surface area (Å²) < 4.78 is 0. The second-order valence-electron chi connectivity index (χ2n) is 5.18. The summed E-state index contributed by atoms with van der Waals surface area (Å²) in [7, 11) is 0. The molecule has 1 rings (SSSR count). The van der Waals surface area contributed by atoms with Crippen molar-refractivity contribution >= 4 is 23.8 Å². The number of urea groups is 1. The summed E-state index contributed by atoms with van der Waals surface area (Å²) >= 11 is 0. The molecule has 1 aliphatic rings. The third kappa shape index (κ3) is 3.79. The zero-order valence-electron chi connectivity index (χ0n) is 12.1. The Morgan fingerprint density at radius 3 is 2.30 bits per heavy atom. The van der Waals surface area contributed by atoms with E-state index in [1.807, 2.05) is 20.8 Å². The van der Waals surface area contributed by atoms with Crippen molar-refractivity contribution in [2.75, 3.05) is 19.6 Å². The summed E-state index contributed by atoms with van der Waals surface area (Å²) in [6, 6.07) is -0.701. The molecule has 0 spiro atoms. The zero-order chi connectivity index (χ0) is 15.3. The third-order valence-electron chi connectivity index (χ3n) is 2.88. The van der Waals surface area contributed by atoms with Crippen LogP contribution in [0, 0.1) is 5.92 Å². The maximum Gasteiger partial charge on any atom is 0.334 e. The number of hydrogen-bond donors (Lipinski definition) is 1. The van der Waals surface area contributed by atoms with Crippen molar-refractivity contribution in [1.82, 2.24) is 15.1 Å². The van der Waals surface area contributed by atoms with E-state index < -0.39 is 30.3 Å². The van der Waals surface area contributed by atoms with Crippen molar-refractivity contribution in [3.8, 4) is 0 Å². The van der Waals surface area contributed by atoms with Crippen LogP contribution in [0.1, 0.15) is 33.6 Å². The molecule has 7 heteroatoms. The molecule has 5 amide bonds. The van der Waals surface area contributed by atoms with E-state index in [1.165, 1.54) is 0 Å². The van der Waals surface area contributed by atoms with Crippen LogP contribution in [0.2, 0.25) is 0 Å². The van der Waals surface area contributed by atoms with E-state index in [1.54, 1.807) is 0 Å². The Balaban J connectivity index is 2.62. The van der Waals surface area contributed by atoms with Crippen LogP contribution in [0.5, 0.6) is 0 Å². The van der Waals surface area contributed by atoms with Gasteiger partial charge in [-0.2, -0.15) is 0 Å². The van der Waals surface area contributed by atoms with E-state index in [9.17, 15) is 19.2 Å². The van der Waals surface area contributed by atoms with Gasteiger partial charge in [-0.05, 0) is 12.3 Å². The lowest BCUT2D eigenvalue weighted by atomic mass is 10.2. The SMILES string of the molecule is CCCCN1C(=O)C(=O)N(CC(=O)NCC(C)C)C1=O. The number of rotatable bonds is 7. The van der Waals surface area contributed by atoms with Crippen LogP contribution in [0.25, 0.3) is 0 Å².